The van der Waals surface area contributed by atoms with E-state index in [9.17, 15) is 9.59 Å². The quantitative estimate of drug-likeness (QED) is 0.787. The largest absolute Gasteiger partial charge is 0.496 e. The number of amides is 2. The molecule has 8 heteroatoms. The number of carbonyl (C=O) groups excluding carboxylic acids is 2. The molecular formula is C16H21ClN2O5. The first-order valence-electron chi connectivity index (χ1n) is 7.55. The Bertz CT molecular complexity index is 596. The van der Waals surface area contributed by atoms with Gasteiger partial charge in [0.1, 0.15) is 12.4 Å². The van der Waals surface area contributed by atoms with Gasteiger partial charge in [0.25, 0.3) is 5.91 Å². The zero-order valence-corrected chi connectivity index (χ0v) is 14.5. The molecule has 1 aromatic carbocycles. The van der Waals surface area contributed by atoms with E-state index in [-0.39, 0.29) is 24.5 Å². The van der Waals surface area contributed by atoms with E-state index in [1.165, 1.54) is 7.11 Å². The van der Waals surface area contributed by atoms with Crippen molar-refractivity contribution in [2.24, 2.45) is 0 Å². The fourth-order valence-corrected chi connectivity index (χ4v) is 2.54. The van der Waals surface area contributed by atoms with E-state index in [0.717, 1.165) is 0 Å². The molecule has 24 heavy (non-hydrogen) atoms. The van der Waals surface area contributed by atoms with Crippen LogP contribution in [-0.2, 0) is 14.3 Å². The summed E-state index contributed by atoms with van der Waals surface area (Å²) in [5, 5.41) is 3.29. The maximum absolute atomic E-state index is 12.3. The Kier molecular flexibility index (Phi) is 6.84. The summed E-state index contributed by atoms with van der Waals surface area (Å²) in [7, 11) is 3.06. The summed E-state index contributed by atoms with van der Waals surface area (Å²) in [6.07, 6.45) is -0.262. The van der Waals surface area contributed by atoms with Gasteiger partial charge < -0.3 is 24.4 Å². The maximum atomic E-state index is 12.3. The molecule has 1 fully saturated rings. The Morgan fingerprint density at radius 3 is 2.96 bits per heavy atom. The molecule has 1 N–H and O–H groups in total. The van der Waals surface area contributed by atoms with Crippen LogP contribution in [0.1, 0.15) is 10.4 Å². The minimum atomic E-state index is -0.285. The van der Waals surface area contributed by atoms with Crippen LogP contribution in [0.4, 0.5) is 0 Å². The van der Waals surface area contributed by atoms with E-state index in [2.05, 4.69) is 5.32 Å². The van der Waals surface area contributed by atoms with Crippen LogP contribution in [0.15, 0.2) is 18.2 Å². The van der Waals surface area contributed by atoms with Crippen LogP contribution in [0, 0.1) is 0 Å². The van der Waals surface area contributed by atoms with Crippen molar-refractivity contribution >= 4 is 23.4 Å². The van der Waals surface area contributed by atoms with Gasteiger partial charge in [-0.25, -0.2) is 0 Å². The summed E-state index contributed by atoms with van der Waals surface area (Å²) in [6, 6.07) is 4.81. The van der Waals surface area contributed by atoms with Crippen molar-refractivity contribution in [2.75, 3.05) is 47.1 Å². The number of carbonyl (C=O) groups is 2. The van der Waals surface area contributed by atoms with Crippen molar-refractivity contribution < 1.29 is 23.8 Å². The second-order valence-electron chi connectivity index (χ2n) is 5.32. The van der Waals surface area contributed by atoms with Crippen molar-refractivity contribution in [2.45, 2.75) is 6.10 Å². The van der Waals surface area contributed by atoms with E-state index in [4.69, 9.17) is 25.8 Å². The van der Waals surface area contributed by atoms with Crippen molar-refractivity contribution in [3.8, 4) is 5.75 Å². The number of rotatable bonds is 7. The third kappa shape index (κ3) is 4.83. The normalized spacial score (nSPS) is 17.7. The molecule has 0 aromatic heterocycles. The van der Waals surface area contributed by atoms with Crippen molar-refractivity contribution in [3.63, 3.8) is 0 Å². The number of methoxy groups -OCH3 is 2. The van der Waals surface area contributed by atoms with E-state index in [1.54, 1.807) is 30.2 Å². The van der Waals surface area contributed by atoms with Gasteiger partial charge in [0.15, 0.2) is 0 Å². The lowest BCUT2D eigenvalue weighted by atomic mass is 10.2. The molecule has 1 heterocycles. The summed E-state index contributed by atoms with van der Waals surface area (Å²) < 4.78 is 15.6. The number of nitrogens with zero attached hydrogens (tertiary/aromatic N) is 1. The summed E-state index contributed by atoms with van der Waals surface area (Å²) in [6.45, 7) is 1.69. The minimum Gasteiger partial charge on any atom is -0.496 e. The number of halogens is 1. The van der Waals surface area contributed by atoms with Crippen LogP contribution in [0.25, 0.3) is 0 Å². The second-order valence-corrected chi connectivity index (χ2v) is 5.76. The zero-order valence-electron chi connectivity index (χ0n) is 13.7. The van der Waals surface area contributed by atoms with E-state index in [1.807, 2.05) is 0 Å². The Balaban J connectivity index is 1.90. The smallest absolute Gasteiger partial charge is 0.255 e. The predicted molar refractivity (Wildman–Crippen MR) is 88.5 cm³/mol. The molecule has 0 radical (unpaired) electrons. The molecule has 0 spiro atoms. The van der Waals surface area contributed by atoms with Crippen LogP contribution in [0.3, 0.4) is 0 Å². The van der Waals surface area contributed by atoms with Crippen LogP contribution in [0.5, 0.6) is 5.75 Å². The molecule has 2 amide bonds. The van der Waals surface area contributed by atoms with Gasteiger partial charge in [0.05, 0.1) is 25.4 Å². The van der Waals surface area contributed by atoms with Crippen LogP contribution in [0.2, 0.25) is 5.02 Å². The summed E-state index contributed by atoms with van der Waals surface area (Å²) in [5.41, 5.74) is 0.394. The van der Waals surface area contributed by atoms with Gasteiger partial charge >= 0.3 is 0 Å². The van der Waals surface area contributed by atoms with Gasteiger partial charge in [-0.3, -0.25) is 9.59 Å². The summed E-state index contributed by atoms with van der Waals surface area (Å²) in [5.74, 6) is 0.0444. The van der Waals surface area contributed by atoms with Crippen molar-refractivity contribution in [3.05, 3.63) is 28.8 Å². The number of benzene rings is 1. The van der Waals surface area contributed by atoms with Crippen LogP contribution >= 0.6 is 11.6 Å². The highest BCUT2D eigenvalue weighted by Crippen LogP contribution is 2.23. The standard InChI is InChI=1S/C16H21ClN2O5/c1-22-6-5-19-9-12(24-10-15(19)20)8-18-16(21)13-4-3-11(17)7-14(13)23-2/h3-4,7,12H,5-6,8-10H2,1-2H3,(H,18,21). The summed E-state index contributed by atoms with van der Waals surface area (Å²) in [4.78, 5) is 25.7. The fourth-order valence-electron chi connectivity index (χ4n) is 2.38. The molecule has 7 nitrogen and oxygen atoms in total. The van der Waals surface area contributed by atoms with Gasteiger partial charge in [-0.2, -0.15) is 0 Å². The second kappa shape index (κ2) is 8.86. The highest BCUT2D eigenvalue weighted by Gasteiger charge is 2.26. The van der Waals surface area contributed by atoms with E-state index >= 15 is 0 Å². The first kappa shape index (κ1) is 18.5. The average Bonchev–Trinajstić information content (AvgIpc) is 2.59. The first-order valence-corrected chi connectivity index (χ1v) is 7.93. The molecule has 0 aliphatic carbocycles. The number of ether oxygens (including phenoxy) is 3. The number of hydrogen-bond acceptors (Lipinski definition) is 5. The lowest BCUT2D eigenvalue weighted by Gasteiger charge is -2.32. The zero-order chi connectivity index (χ0) is 17.5. The van der Waals surface area contributed by atoms with Gasteiger partial charge in [0, 0.05) is 31.8 Å². The number of hydrogen-bond donors (Lipinski definition) is 1. The first-order chi connectivity index (χ1) is 11.5. The monoisotopic (exact) mass is 356 g/mol. The predicted octanol–water partition coefficient (Wildman–Crippen LogP) is 0.952. The molecule has 2 rings (SSSR count). The Morgan fingerprint density at radius 2 is 2.25 bits per heavy atom. The molecule has 1 aliphatic rings. The van der Waals surface area contributed by atoms with E-state index in [0.29, 0.717) is 42.6 Å². The third-order valence-corrected chi connectivity index (χ3v) is 3.92. The molecule has 0 bridgehead atoms. The molecule has 0 saturated carbocycles. The number of nitrogens with one attached hydrogen (secondary N) is 1. The topological polar surface area (TPSA) is 77.1 Å². The highest BCUT2D eigenvalue weighted by atomic mass is 35.5. The van der Waals surface area contributed by atoms with Crippen LogP contribution < -0.4 is 10.1 Å². The van der Waals surface area contributed by atoms with Gasteiger partial charge in [-0.15, -0.1) is 0 Å². The molecule has 1 saturated heterocycles. The van der Waals surface area contributed by atoms with E-state index < -0.39 is 0 Å². The molecule has 1 aromatic rings. The summed E-state index contributed by atoms with van der Waals surface area (Å²) >= 11 is 5.89. The van der Waals surface area contributed by atoms with Crippen LogP contribution in [-0.4, -0.2) is 69.9 Å². The van der Waals surface area contributed by atoms with Gasteiger partial charge in [-0.1, -0.05) is 11.6 Å². The molecule has 1 unspecified atom stereocenters. The van der Waals surface area contributed by atoms with Gasteiger partial charge in [0.2, 0.25) is 5.91 Å². The third-order valence-electron chi connectivity index (χ3n) is 3.68. The Morgan fingerprint density at radius 1 is 1.46 bits per heavy atom. The average molecular weight is 357 g/mol. The molecule has 132 valence electrons. The van der Waals surface area contributed by atoms with Crippen molar-refractivity contribution in [1.82, 2.24) is 10.2 Å². The fraction of sp³-hybridized carbons (Fsp3) is 0.500. The highest BCUT2D eigenvalue weighted by molar-refractivity contribution is 6.30. The van der Waals surface area contributed by atoms with Gasteiger partial charge in [-0.05, 0) is 18.2 Å². The molecule has 1 atom stereocenters. The minimum absolute atomic E-state index is 0.00845. The Hall–Kier alpha value is -1.83. The molecular weight excluding hydrogens is 336 g/mol. The SMILES string of the molecule is COCCN1CC(CNC(=O)c2ccc(Cl)cc2OC)OCC1=O. The Labute approximate surface area is 145 Å². The molecule has 1 aliphatic heterocycles. The lowest BCUT2D eigenvalue weighted by Crippen LogP contribution is -2.51. The number of morpholine rings is 1. The van der Waals surface area contributed by atoms with Crippen molar-refractivity contribution in [1.29, 1.82) is 0 Å². The lowest BCUT2D eigenvalue weighted by molar-refractivity contribution is -0.149. The maximum Gasteiger partial charge on any atom is 0.255 e.